The van der Waals surface area contributed by atoms with Crippen LogP contribution in [-0.2, 0) is 0 Å². The van der Waals surface area contributed by atoms with Crippen LogP contribution >= 0.6 is 0 Å². The maximum Gasteiger partial charge on any atom is 0.356 e. The first kappa shape index (κ1) is 12.5. The van der Waals surface area contributed by atoms with Crippen molar-refractivity contribution in [2.75, 3.05) is 11.9 Å². The third kappa shape index (κ3) is 2.66. The Bertz CT molecular complexity index is 646. The first-order valence-electron chi connectivity index (χ1n) is 5.41. The van der Waals surface area contributed by atoms with Crippen molar-refractivity contribution in [3.05, 3.63) is 47.9 Å². The van der Waals surface area contributed by atoms with Gasteiger partial charge in [-0.15, -0.1) is 0 Å². The summed E-state index contributed by atoms with van der Waals surface area (Å²) in [4.78, 5) is 20.4. The van der Waals surface area contributed by atoms with Gasteiger partial charge in [-0.2, -0.15) is 5.26 Å². The standard InChI is InChI=1S/C13H10N4O2/c1-17(10-4-2-9(6-14)3-5-10)12-8-15-7-11(16-12)13(18)19/h2-5,7-8H,1H3,(H,18,19). The second-order valence-electron chi connectivity index (χ2n) is 3.79. The van der Waals surface area contributed by atoms with Gasteiger partial charge in [0.25, 0.3) is 0 Å². The minimum atomic E-state index is -1.12. The van der Waals surface area contributed by atoms with Crippen molar-refractivity contribution in [1.82, 2.24) is 9.97 Å². The highest BCUT2D eigenvalue weighted by molar-refractivity contribution is 5.85. The number of nitriles is 1. The maximum absolute atomic E-state index is 10.8. The largest absolute Gasteiger partial charge is 0.476 e. The van der Waals surface area contributed by atoms with Crippen LogP contribution in [0, 0.1) is 11.3 Å². The summed E-state index contributed by atoms with van der Waals surface area (Å²) in [5, 5.41) is 17.6. The summed E-state index contributed by atoms with van der Waals surface area (Å²) < 4.78 is 0. The Morgan fingerprint density at radius 3 is 2.58 bits per heavy atom. The zero-order valence-electron chi connectivity index (χ0n) is 10.1. The summed E-state index contributed by atoms with van der Waals surface area (Å²) in [5.41, 5.74) is 1.23. The fraction of sp³-hybridized carbons (Fsp3) is 0.0769. The smallest absolute Gasteiger partial charge is 0.356 e. The number of nitrogens with zero attached hydrogens (tertiary/aromatic N) is 4. The van der Waals surface area contributed by atoms with Gasteiger partial charge < -0.3 is 10.0 Å². The molecule has 1 aromatic carbocycles. The van der Waals surface area contributed by atoms with Gasteiger partial charge in [-0.05, 0) is 24.3 Å². The highest BCUT2D eigenvalue weighted by Crippen LogP contribution is 2.21. The van der Waals surface area contributed by atoms with E-state index >= 15 is 0 Å². The number of carbonyl (C=O) groups is 1. The predicted octanol–water partition coefficient (Wildman–Crippen LogP) is 1.81. The van der Waals surface area contributed by atoms with Gasteiger partial charge in [-0.3, -0.25) is 4.98 Å². The first-order chi connectivity index (χ1) is 9.11. The number of carboxylic acid groups (broad SMARTS) is 1. The second-order valence-corrected chi connectivity index (χ2v) is 3.79. The lowest BCUT2D eigenvalue weighted by Gasteiger charge is -2.17. The van der Waals surface area contributed by atoms with E-state index < -0.39 is 5.97 Å². The van der Waals surface area contributed by atoms with Gasteiger partial charge in [0.1, 0.15) is 0 Å². The molecule has 0 fully saturated rings. The van der Waals surface area contributed by atoms with Crippen LogP contribution in [0.2, 0.25) is 0 Å². The minimum Gasteiger partial charge on any atom is -0.476 e. The number of anilines is 2. The molecular formula is C13H10N4O2. The van der Waals surface area contributed by atoms with E-state index in [2.05, 4.69) is 9.97 Å². The quantitative estimate of drug-likeness (QED) is 0.898. The molecule has 0 bridgehead atoms. The Balaban J connectivity index is 2.32. The Kier molecular flexibility index (Phi) is 3.39. The number of carboxylic acids is 1. The monoisotopic (exact) mass is 254 g/mol. The van der Waals surface area contributed by atoms with E-state index in [9.17, 15) is 4.79 Å². The molecule has 2 aromatic rings. The van der Waals surface area contributed by atoms with Gasteiger partial charge in [0.15, 0.2) is 11.5 Å². The molecule has 6 nitrogen and oxygen atoms in total. The average Bonchev–Trinajstić information content (AvgIpc) is 2.46. The summed E-state index contributed by atoms with van der Waals surface area (Å²) in [6, 6.07) is 8.91. The minimum absolute atomic E-state index is 0.113. The molecule has 6 heteroatoms. The molecule has 0 aliphatic rings. The van der Waals surface area contributed by atoms with Gasteiger partial charge in [-0.1, -0.05) is 0 Å². The van der Waals surface area contributed by atoms with Gasteiger partial charge in [0, 0.05) is 12.7 Å². The Hall–Kier alpha value is -2.94. The number of benzene rings is 1. The molecule has 0 radical (unpaired) electrons. The predicted molar refractivity (Wildman–Crippen MR) is 68.2 cm³/mol. The molecule has 0 aliphatic heterocycles. The van der Waals surface area contributed by atoms with Crippen molar-refractivity contribution < 1.29 is 9.90 Å². The van der Waals surface area contributed by atoms with E-state index in [0.717, 1.165) is 5.69 Å². The van der Waals surface area contributed by atoms with Crippen molar-refractivity contribution in [1.29, 1.82) is 5.26 Å². The molecule has 0 aliphatic carbocycles. The maximum atomic E-state index is 10.8. The van der Waals surface area contributed by atoms with Crippen molar-refractivity contribution in [3.8, 4) is 6.07 Å². The Morgan fingerprint density at radius 1 is 1.32 bits per heavy atom. The zero-order valence-corrected chi connectivity index (χ0v) is 10.1. The third-order valence-corrected chi connectivity index (χ3v) is 2.57. The van der Waals surface area contributed by atoms with Crippen molar-refractivity contribution in [2.45, 2.75) is 0 Å². The molecule has 0 saturated carbocycles. The molecule has 1 heterocycles. The molecule has 0 atom stereocenters. The van der Waals surface area contributed by atoms with Crippen LogP contribution in [0.5, 0.6) is 0 Å². The number of hydrogen-bond acceptors (Lipinski definition) is 5. The molecule has 0 amide bonds. The fourth-order valence-corrected chi connectivity index (χ4v) is 1.51. The van der Waals surface area contributed by atoms with E-state index in [1.165, 1.54) is 12.4 Å². The van der Waals surface area contributed by atoms with E-state index in [1.807, 2.05) is 6.07 Å². The molecule has 19 heavy (non-hydrogen) atoms. The average molecular weight is 254 g/mol. The van der Waals surface area contributed by atoms with Crippen LogP contribution in [0.3, 0.4) is 0 Å². The molecule has 1 N–H and O–H groups in total. The highest BCUT2D eigenvalue weighted by atomic mass is 16.4. The molecule has 94 valence electrons. The zero-order chi connectivity index (χ0) is 13.8. The number of rotatable bonds is 3. The summed E-state index contributed by atoms with van der Waals surface area (Å²) in [7, 11) is 1.75. The molecule has 1 aromatic heterocycles. The summed E-state index contributed by atoms with van der Waals surface area (Å²) in [5.74, 6) is -0.702. The SMILES string of the molecule is CN(c1ccc(C#N)cc1)c1cncc(C(=O)O)n1. The molecule has 2 rings (SSSR count). The van der Waals surface area contributed by atoms with Crippen molar-refractivity contribution >= 4 is 17.5 Å². The lowest BCUT2D eigenvalue weighted by molar-refractivity contribution is 0.0690. The van der Waals surface area contributed by atoms with Gasteiger partial charge in [0.05, 0.1) is 24.0 Å². The van der Waals surface area contributed by atoms with Crippen LogP contribution in [0.4, 0.5) is 11.5 Å². The lowest BCUT2D eigenvalue weighted by atomic mass is 10.2. The van der Waals surface area contributed by atoms with E-state index in [1.54, 1.807) is 36.2 Å². The topological polar surface area (TPSA) is 90.1 Å². The number of aromatic nitrogens is 2. The van der Waals surface area contributed by atoms with Gasteiger partial charge in [-0.25, -0.2) is 9.78 Å². The van der Waals surface area contributed by atoms with Crippen LogP contribution in [0.15, 0.2) is 36.7 Å². The number of aromatic carboxylic acids is 1. The van der Waals surface area contributed by atoms with E-state index in [0.29, 0.717) is 11.4 Å². The first-order valence-corrected chi connectivity index (χ1v) is 5.41. The normalized spacial score (nSPS) is 9.68. The number of hydrogen-bond donors (Lipinski definition) is 1. The summed E-state index contributed by atoms with van der Waals surface area (Å²) >= 11 is 0. The van der Waals surface area contributed by atoms with Gasteiger partial charge in [0.2, 0.25) is 0 Å². The summed E-state index contributed by atoms with van der Waals surface area (Å²) in [6.07, 6.45) is 2.67. The Labute approximate surface area is 109 Å². The van der Waals surface area contributed by atoms with Crippen LogP contribution in [-0.4, -0.2) is 28.1 Å². The van der Waals surface area contributed by atoms with Crippen LogP contribution < -0.4 is 4.90 Å². The van der Waals surface area contributed by atoms with E-state index in [4.69, 9.17) is 10.4 Å². The second kappa shape index (κ2) is 5.14. The van der Waals surface area contributed by atoms with E-state index in [-0.39, 0.29) is 5.69 Å². The van der Waals surface area contributed by atoms with Gasteiger partial charge >= 0.3 is 5.97 Å². The lowest BCUT2D eigenvalue weighted by Crippen LogP contribution is -2.13. The molecule has 0 spiro atoms. The molecule has 0 saturated heterocycles. The van der Waals surface area contributed by atoms with Crippen molar-refractivity contribution in [2.24, 2.45) is 0 Å². The summed E-state index contributed by atoms with van der Waals surface area (Å²) in [6.45, 7) is 0. The Morgan fingerprint density at radius 2 is 2.00 bits per heavy atom. The third-order valence-electron chi connectivity index (χ3n) is 2.57. The van der Waals surface area contributed by atoms with Crippen LogP contribution in [0.25, 0.3) is 0 Å². The molecule has 0 unspecified atom stereocenters. The molecular weight excluding hydrogens is 244 g/mol. The highest BCUT2D eigenvalue weighted by Gasteiger charge is 2.10. The fourth-order valence-electron chi connectivity index (χ4n) is 1.51. The van der Waals surface area contributed by atoms with Crippen LogP contribution in [0.1, 0.15) is 16.1 Å². The van der Waals surface area contributed by atoms with Crippen molar-refractivity contribution in [3.63, 3.8) is 0 Å².